The maximum absolute atomic E-state index is 13.2. The number of thioether (sulfide) groups is 1. The van der Waals surface area contributed by atoms with Crippen LogP contribution in [0.25, 0.3) is 16.6 Å². The van der Waals surface area contributed by atoms with Gasteiger partial charge >= 0.3 is 0 Å². The van der Waals surface area contributed by atoms with Crippen LogP contribution < -0.4 is 11.0 Å². The number of aryl methyl sites for hydroxylation is 1. The van der Waals surface area contributed by atoms with Crippen molar-refractivity contribution in [2.24, 2.45) is 5.10 Å². The Kier molecular flexibility index (Phi) is 5.76. The van der Waals surface area contributed by atoms with E-state index in [1.54, 1.807) is 28.8 Å². The number of nitrogens with zero attached hydrogens (tertiary/aromatic N) is 3. The van der Waals surface area contributed by atoms with Crippen molar-refractivity contribution in [2.45, 2.75) is 12.1 Å². The zero-order valence-electron chi connectivity index (χ0n) is 16.1. The SMILES string of the molecule is Cc1ccccc1-n1c(SCC(=O)N/N=C/c2ccco2)nc2ccccc2c1=O. The summed E-state index contributed by atoms with van der Waals surface area (Å²) in [4.78, 5) is 30.1. The van der Waals surface area contributed by atoms with Gasteiger partial charge in [0.2, 0.25) is 0 Å². The first-order valence-electron chi connectivity index (χ1n) is 9.19. The summed E-state index contributed by atoms with van der Waals surface area (Å²) in [5, 5.41) is 4.84. The molecular formula is C22H18N4O3S. The van der Waals surface area contributed by atoms with Crippen LogP contribution >= 0.6 is 11.8 Å². The number of benzene rings is 2. The number of aromatic nitrogens is 2. The Labute approximate surface area is 176 Å². The number of hydrogen-bond donors (Lipinski definition) is 1. The van der Waals surface area contributed by atoms with Gasteiger partial charge < -0.3 is 4.42 Å². The molecule has 2 aromatic heterocycles. The van der Waals surface area contributed by atoms with Crippen molar-refractivity contribution in [3.05, 3.63) is 88.6 Å². The minimum Gasteiger partial charge on any atom is -0.463 e. The molecule has 0 unspecified atom stereocenters. The number of carbonyl (C=O) groups excluding carboxylic acids is 1. The van der Waals surface area contributed by atoms with Gasteiger partial charge in [0.1, 0.15) is 5.76 Å². The third-order valence-electron chi connectivity index (χ3n) is 4.36. The lowest BCUT2D eigenvalue weighted by atomic mass is 10.2. The van der Waals surface area contributed by atoms with Gasteiger partial charge in [-0.2, -0.15) is 5.10 Å². The average molecular weight is 418 g/mol. The van der Waals surface area contributed by atoms with Crippen LogP contribution in [0.15, 0.2) is 86.4 Å². The molecule has 0 bridgehead atoms. The number of nitrogens with one attached hydrogen (secondary N) is 1. The fourth-order valence-electron chi connectivity index (χ4n) is 2.93. The molecule has 2 aromatic carbocycles. The van der Waals surface area contributed by atoms with Crippen molar-refractivity contribution in [2.75, 3.05) is 5.75 Å². The molecule has 0 radical (unpaired) electrons. The highest BCUT2D eigenvalue weighted by Crippen LogP contribution is 2.22. The Bertz CT molecular complexity index is 1280. The monoisotopic (exact) mass is 418 g/mol. The van der Waals surface area contributed by atoms with Crippen LogP contribution in [0.1, 0.15) is 11.3 Å². The van der Waals surface area contributed by atoms with E-state index in [1.807, 2.05) is 43.3 Å². The fourth-order valence-corrected chi connectivity index (χ4v) is 3.73. The maximum atomic E-state index is 13.2. The Morgan fingerprint density at radius 1 is 1.17 bits per heavy atom. The topological polar surface area (TPSA) is 89.5 Å². The molecule has 0 saturated carbocycles. The third-order valence-corrected chi connectivity index (χ3v) is 5.30. The van der Waals surface area contributed by atoms with Crippen molar-refractivity contribution >= 4 is 34.8 Å². The molecule has 4 rings (SSSR count). The summed E-state index contributed by atoms with van der Waals surface area (Å²) in [6.45, 7) is 1.93. The summed E-state index contributed by atoms with van der Waals surface area (Å²) >= 11 is 1.18. The van der Waals surface area contributed by atoms with E-state index >= 15 is 0 Å². The largest absolute Gasteiger partial charge is 0.463 e. The smallest absolute Gasteiger partial charge is 0.266 e. The van der Waals surface area contributed by atoms with E-state index in [9.17, 15) is 9.59 Å². The van der Waals surface area contributed by atoms with Crippen LogP contribution in [-0.4, -0.2) is 27.4 Å². The predicted molar refractivity (Wildman–Crippen MR) is 117 cm³/mol. The molecule has 0 atom stereocenters. The summed E-state index contributed by atoms with van der Waals surface area (Å²) < 4.78 is 6.68. The van der Waals surface area contributed by atoms with Gasteiger partial charge in [0, 0.05) is 0 Å². The van der Waals surface area contributed by atoms with Crippen LogP contribution in [0.2, 0.25) is 0 Å². The van der Waals surface area contributed by atoms with E-state index in [1.165, 1.54) is 24.2 Å². The second-order valence-corrected chi connectivity index (χ2v) is 7.38. The summed E-state index contributed by atoms with van der Waals surface area (Å²) in [6.07, 6.45) is 2.94. The number of amides is 1. The molecule has 150 valence electrons. The van der Waals surface area contributed by atoms with Crippen molar-refractivity contribution < 1.29 is 9.21 Å². The summed E-state index contributed by atoms with van der Waals surface area (Å²) in [5.74, 6) is 0.265. The first-order chi connectivity index (χ1) is 14.6. The van der Waals surface area contributed by atoms with Gasteiger partial charge in [-0.15, -0.1) is 0 Å². The molecule has 0 aliphatic heterocycles. The molecule has 7 nitrogen and oxygen atoms in total. The normalized spacial score (nSPS) is 11.2. The Balaban J connectivity index is 1.63. The van der Waals surface area contributed by atoms with Crippen LogP contribution in [0.5, 0.6) is 0 Å². The van der Waals surface area contributed by atoms with Gasteiger partial charge in [-0.1, -0.05) is 42.1 Å². The van der Waals surface area contributed by atoms with Crippen LogP contribution in [0.4, 0.5) is 0 Å². The standard InChI is InChI=1S/C22H18N4O3S/c1-15-7-2-5-11-19(15)26-21(28)17-9-3-4-10-18(17)24-22(26)30-14-20(27)25-23-13-16-8-6-12-29-16/h2-13H,14H2,1H3,(H,25,27)/b23-13+. The van der Waals surface area contributed by atoms with Gasteiger partial charge in [-0.25, -0.2) is 10.4 Å². The Morgan fingerprint density at radius 3 is 2.77 bits per heavy atom. The minimum atomic E-state index is -0.318. The van der Waals surface area contributed by atoms with Crippen LogP contribution in [0, 0.1) is 6.92 Å². The molecule has 0 fully saturated rings. The lowest BCUT2D eigenvalue weighted by Crippen LogP contribution is -2.24. The Hall–Kier alpha value is -3.65. The molecule has 1 amide bonds. The lowest BCUT2D eigenvalue weighted by molar-refractivity contribution is -0.118. The van der Waals surface area contributed by atoms with E-state index in [0.29, 0.717) is 21.8 Å². The zero-order valence-corrected chi connectivity index (χ0v) is 16.9. The van der Waals surface area contributed by atoms with E-state index in [4.69, 9.17) is 4.42 Å². The second-order valence-electron chi connectivity index (χ2n) is 6.44. The van der Waals surface area contributed by atoms with Gasteiger partial charge in [0.15, 0.2) is 5.16 Å². The number of para-hydroxylation sites is 2. The van der Waals surface area contributed by atoms with Gasteiger partial charge in [-0.3, -0.25) is 14.2 Å². The molecule has 4 aromatic rings. The highest BCUT2D eigenvalue weighted by molar-refractivity contribution is 7.99. The molecular weight excluding hydrogens is 400 g/mol. The van der Waals surface area contributed by atoms with Gasteiger partial charge in [-0.05, 0) is 42.8 Å². The third kappa shape index (κ3) is 4.18. The molecule has 0 saturated heterocycles. The maximum Gasteiger partial charge on any atom is 0.266 e. The first kappa shape index (κ1) is 19.7. The minimum absolute atomic E-state index is 0.0478. The van der Waals surface area contributed by atoms with Gasteiger partial charge in [0.05, 0.1) is 34.8 Å². The van der Waals surface area contributed by atoms with Crippen LogP contribution in [0.3, 0.4) is 0 Å². The van der Waals surface area contributed by atoms with Crippen molar-refractivity contribution in [3.63, 3.8) is 0 Å². The number of fused-ring (bicyclic) bond motifs is 1. The number of furan rings is 1. The predicted octanol–water partition coefficient (Wildman–Crippen LogP) is 3.53. The highest BCUT2D eigenvalue weighted by atomic mass is 32.2. The number of rotatable bonds is 6. The highest BCUT2D eigenvalue weighted by Gasteiger charge is 2.15. The number of carbonyl (C=O) groups is 1. The fraction of sp³-hybridized carbons (Fsp3) is 0.0909. The van der Waals surface area contributed by atoms with E-state index in [0.717, 1.165) is 11.3 Å². The summed E-state index contributed by atoms with van der Waals surface area (Å²) in [6, 6.07) is 18.2. The van der Waals surface area contributed by atoms with Crippen molar-refractivity contribution in [1.29, 1.82) is 0 Å². The summed E-state index contributed by atoms with van der Waals surface area (Å²) in [7, 11) is 0. The molecule has 8 heteroatoms. The molecule has 0 aliphatic rings. The summed E-state index contributed by atoms with van der Waals surface area (Å²) in [5.41, 5.74) is 4.54. The van der Waals surface area contributed by atoms with Crippen molar-refractivity contribution in [3.8, 4) is 5.69 Å². The van der Waals surface area contributed by atoms with E-state index in [-0.39, 0.29) is 17.2 Å². The molecule has 0 spiro atoms. The quantitative estimate of drug-likeness (QED) is 0.224. The lowest BCUT2D eigenvalue weighted by Gasteiger charge is -2.14. The molecule has 2 heterocycles. The number of hydrogen-bond acceptors (Lipinski definition) is 6. The molecule has 30 heavy (non-hydrogen) atoms. The zero-order chi connectivity index (χ0) is 20.9. The number of hydrazone groups is 1. The average Bonchev–Trinajstić information content (AvgIpc) is 3.27. The Morgan fingerprint density at radius 2 is 1.97 bits per heavy atom. The van der Waals surface area contributed by atoms with Gasteiger partial charge in [0.25, 0.3) is 11.5 Å². The van der Waals surface area contributed by atoms with Crippen molar-refractivity contribution in [1.82, 2.24) is 15.0 Å². The molecule has 0 aliphatic carbocycles. The van der Waals surface area contributed by atoms with Crippen LogP contribution in [-0.2, 0) is 4.79 Å². The van der Waals surface area contributed by atoms with E-state index < -0.39 is 0 Å². The molecule has 1 N–H and O–H groups in total. The second kappa shape index (κ2) is 8.79. The first-order valence-corrected chi connectivity index (χ1v) is 10.2. The van der Waals surface area contributed by atoms with E-state index in [2.05, 4.69) is 15.5 Å².